The van der Waals surface area contributed by atoms with Crippen LogP contribution in [0, 0.1) is 0 Å². The monoisotopic (exact) mass is 526 g/mol. The fourth-order valence-corrected chi connectivity index (χ4v) is 4.79. The van der Waals surface area contributed by atoms with E-state index in [4.69, 9.17) is 4.74 Å². The van der Waals surface area contributed by atoms with Crippen LogP contribution in [0.25, 0.3) is 0 Å². The summed E-state index contributed by atoms with van der Waals surface area (Å²) in [4.78, 5) is 54.8. The van der Waals surface area contributed by atoms with E-state index in [9.17, 15) is 19.2 Å². The molecular formula is C32H34N2O5. The number of carbonyl (C=O) groups is 4. The molecule has 0 bridgehead atoms. The van der Waals surface area contributed by atoms with E-state index in [2.05, 4.69) is 0 Å². The summed E-state index contributed by atoms with van der Waals surface area (Å²) in [7, 11) is 0. The second-order valence-corrected chi connectivity index (χ2v) is 9.71. The van der Waals surface area contributed by atoms with Gasteiger partial charge < -0.3 is 14.5 Å². The third kappa shape index (κ3) is 8.11. The van der Waals surface area contributed by atoms with Gasteiger partial charge in [-0.1, -0.05) is 91.0 Å². The van der Waals surface area contributed by atoms with E-state index in [0.717, 1.165) is 16.7 Å². The minimum absolute atomic E-state index is 0.000806. The Morgan fingerprint density at radius 1 is 0.769 bits per heavy atom. The Morgan fingerprint density at radius 2 is 1.36 bits per heavy atom. The first-order chi connectivity index (χ1) is 19.0. The number of hydrogen-bond donors (Lipinski definition) is 0. The van der Waals surface area contributed by atoms with Crippen molar-refractivity contribution in [1.82, 2.24) is 9.80 Å². The molecule has 0 radical (unpaired) electrons. The second-order valence-electron chi connectivity index (χ2n) is 9.71. The van der Waals surface area contributed by atoms with Gasteiger partial charge in [0.1, 0.15) is 12.6 Å². The summed E-state index contributed by atoms with van der Waals surface area (Å²) < 4.78 is 5.19. The number of ether oxygens (including phenoxy) is 1. The highest BCUT2D eigenvalue weighted by Crippen LogP contribution is 2.21. The first-order valence-electron chi connectivity index (χ1n) is 13.4. The average Bonchev–Trinajstić information content (AvgIpc) is 3.48. The minimum atomic E-state index is -0.936. The number of likely N-dealkylation sites (tertiary alicyclic amines) is 1. The molecule has 1 saturated heterocycles. The van der Waals surface area contributed by atoms with E-state index in [1.54, 1.807) is 17.0 Å². The number of Topliss-reactive ketones (excluding diaryl/α,β-unsaturated/α-hetero) is 1. The van der Waals surface area contributed by atoms with Crippen LogP contribution in [-0.4, -0.2) is 52.5 Å². The van der Waals surface area contributed by atoms with E-state index in [0.29, 0.717) is 38.9 Å². The van der Waals surface area contributed by atoms with Crippen molar-refractivity contribution >= 4 is 23.6 Å². The van der Waals surface area contributed by atoms with Gasteiger partial charge in [-0.05, 0) is 36.0 Å². The van der Waals surface area contributed by atoms with Crippen LogP contribution in [-0.2, 0) is 43.5 Å². The van der Waals surface area contributed by atoms with Crippen LogP contribution in [0.1, 0.15) is 42.4 Å². The Bertz CT molecular complexity index is 1250. The highest BCUT2D eigenvalue weighted by Gasteiger charge is 2.38. The zero-order chi connectivity index (χ0) is 27.5. The maximum atomic E-state index is 13.2. The predicted molar refractivity (Wildman–Crippen MR) is 147 cm³/mol. The lowest BCUT2D eigenvalue weighted by atomic mass is 10.1. The van der Waals surface area contributed by atoms with Crippen molar-refractivity contribution in [3.63, 3.8) is 0 Å². The number of benzene rings is 3. The van der Waals surface area contributed by atoms with E-state index in [1.165, 1.54) is 4.90 Å². The van der Waals surface area contributed by atoms with Gasteiger partial charge in [-0.2, -0.15) is 0 Å². The van der Waals surface area contributed by atoms with Crippen molar-refractivity contribution in [2.75, 3.05) is 13.1 Å². The second kappa shape index (κ2) is 14.0. The molecule has 3 aromatic rings. The summed E-state index contributed by atoms with van der Waals surface area (Å²) in [6, 6.07) is 28.0. The Kier molecular flexibility index (Phi) is 10.0. The fraction of sp³-hybridized carbons (Fsp3) is 0.312. The molecule has 0 aromatic heterocycles. The molecule has 0 unspecified atom stereocenters. The molecule has 1 fully saturated rings. The molecule has 0 saturated carbocycles. The molecule has 39 heavy (non-hydrogen) atoms. The number of hydrogen-bond acceptors (Lipinski definition) is 5. The summed E-state index contributed by atoms with van der Waals surface area (Å²) in [6.45, 7) is 1.38. The topological polar surface area (TPSA) is 84.0 Å². The zero-order valence-electron chi connectivity index (χ0n) is 22.0. The van der Waals surface area contributed by atoms with Gasteiger partial charge in [0, 0.05) is 32.5 Å². The zero-order valence-corrected chi connectivity index (χ0v) is 22.0. The number of esters is 1. The van der Waals surface area contributed by atoms with E-state index in [-0.39, 0.29) is 31.3 Å². The van der Waals surface area contributed by atoms with Crippen molar-refractivity contribution in [3.05, 3.63) is 108 Å². The Balaban J connectivity index is 1.32. The van der Waals surface area contributed by atoms with Crippen LogP contribution in [0.4, 0.5) is 0 Å². The summed E-state index contributed by atoms with van der Waals surface area (Å²) >= 11 is 0. The van der Waals surface area contributed by atoms with Crippen LogP contribution in [0.2, 0.25) is 0 Å². The molecule has 1 aliphatic rings. The lowest BCUT2D eigenvalue weighted by Gasteiger charge is -2.25. The molecule has 2 amide bonds. The molecule has 0 N–H and O–H groups in total. The molecule has 4 rings (SSSR count). The van der Waals surface area contributed by atoms with E-state index < -0.39 is 17.8 Å². The van der Waals surface area contributed by atoms with Crippen LogP contribution in [0.15, 0.2) is 91.0 Å². The van der Waals surface area contributed by atoms with Gasteiger partial charge in [0.15, 0.2) is 0 Å². The fourth-order valence-electron chi connectivity index (χ4n) is 4.79. The normalized spacial score (nSPS) is 14.6. The van der Waals surface area contributed by atoms with Crippen LogP contribution < -0.4 is 0 Å². The highest BCUT2D eigenvalue weighted by molar-refractivity contribution is 6.36. The van der Waals surface area contributed by atoms with Gasteiger partial charge in [0.2, 0.25) is 11.8 Å². The van der Waals surface area contributed by atoms with Gasteiger partial charge in [-0.15, -0.1) is 0 Å². The molecular weight excluding hydrogens is 492 g/mol. The van der Waals surface area contributed by atoms with Crippen molar-refractivity contribution in [2.24, 2.45) is 0 Å². The SMILES string of the molecule is O=C(OCc1ccccc1)C(=O)[C@@H]1CCCN1C(=O)CCC(=O)N(CCc1ccccc1)Cc1ccccc1. The van der Waals surface area contributed by atoms with Gasteiger partial charge >= 0.3 is 5.97 Å². The molecule has 7 nitrogen and oxygen atoms in total. The number of rotatable bonds is 12. The maximum Gasteiger partial charge on any atom is 0.377 e. The van der Waals surface area contributed by atoms with Gasteiger partial charge in [0.05, 0.1) is 0 Å². The van der Waals surface area contributed by atoms with Gasteiger partial charge in [-0.3, -0.25) is 14.4 Å². The predicted octanol–water partition coefficient (Wildman–Crippen LogP) is 4.34. The van der Waals surface area contributed by atoms with Crippen molar-refractivity contribution in [3.8, 4) is 0 Å². The number of amides is 2. The lowest BCUT2D eigenvalue weighted by Crippen LogP contribution is -2.44. The summed E-state index contributed by atoms with van der Waals surface area (Å²) in [6.07, 6.45) is 1.77. The molecule has 1 aliphatic heterocycles. The molecule has 1 heterocycles. The first-order valence-corrected chi connectivity index (χ1v) is 13.4. The quantitative estimate of drug-likeness (QED) is 0.259. The molecule has 0 aliphatic carbocycles. The summed E-state index contributed by atoms with van der Waals surface area (Å²) in [5, 5.41) is 0. The van der Waals surface area contributed by atoms with E-state index in [1.807, 2.05) is 78.9 Å². The number of nitrogens with zero attached hydrogens (tertiary/aromatic N) is 2. The number of ketones is 1. The smallest absolute Gasteiger partial charge is 0.377 e. The standard InChI is InChI=1S/C32H34N2O5/c35-29(33(23-26-13-6-2-7-14-26)22-20-25-11-4-1-5-12-25)18-19-30(36)34-21-10-17-28(34)31(37)32(38)39-24-27-15-8-3-9-16-27/h1-9,11-16,28H,10,17-24H2/t28-/m0/s1. The van der Waals surface area contributed by atoms with Crippen LogP contribution in [0.5, 0.6) is 0 Å². The Hall–Kier alpha value is -4.26. The van der Waals surface area contributed by atoms with Gasteiger partial charge in [0.25, 0.3) is 5.78 Å². The number of carbonyl (C=O) groups excluding carboxylic acids is 4. The third-order valence-electron chi connectivity index (χ3n) is 6.92. The molecule has 0 spiro atoms. The van der Waals surface area contributed by atoms with Crippen LogP contribution >= 0.6 is 0 Å². The molecule has 202 valence electrons. The molecule has 3 aromatic carbocycles. The Morgan fingerprint density at radius 3 is 2.00 bits per heavy atom. The minimum Gasteiger partial charge on any atom is -0.455 e. The molecule has 7 heteroatoms. The van der Waals surface area contributed by atoms with Gasteiger partial charge in [-0.25, -0.2) is 4.79 Å². The molecule has 1 atom stereocenters. The largest absolute Gasteiger partial charge is 0.455 e. The third-order valence-corrected chi connectivity index (χ3v) is 6.92. The van der Waals surface area contributed by atoms with Crippen molar-refractivity contribution in [2.45, 2.75) is 51.3 Å². The lowest BCUT2D eigenvalue weighted by molar-refractivity contribution is -0.158. The summed E-state index contributed by atoms with van der Waals surface area (Å²) in [5.74, 6) is -2.06. The Labute approximate surface area is 229 Å². The maximum absolute atomic E-state index is 13.2. The van der Waals surface area contributed by atoms with Crippen LogP contribution in [0.3, 0.4) is 0 Å². The van der Waals surface area contributed by atoms with E-state index >= 15 is 0 Å². The summed E-state index contributed by atoms with van der Waals surface area (Å²) in [5.41, 5.74) is 2.94. The first kappa shape index (κ1) is 27.8. The van der Waals surface area contributed by atoms with Crippen molar-refractivity contribution < 1.29 is 23.9 Å². The highest BCUT2D eigenvalue weighted by atomic mass is 16.5. The average molecular weight is 527 g/mol. The van der Waals surface area contributed by atoms with Crippen molar-refractivity contribution in [1.29, 1.82) is 0 Å².